The van der Waals surface area contributed by atoms with E-state index in [0.29, 0.717) is 0 Å². The zero-order chi connectivity index (χ0) is 14.5. The van der Waals surface area contributed by atoms with Crippen molar-refractivity contribution in [2.24, 2.45) is 0 Å². The summed E-state index contributed by atoms with van der Waals surface area (Å²) in [5.74, 6) is 0. The molecule has 1 nitrogen and oxygen atoms in total. The lowest BCUT2D eigenvalue weighted by Gasteiger charge is -2.12. The van der Waals surface area contributed by atoms with E-state index >= 15 is 0 Å². The van der Waals surface area contributed by atoms with Gasteiger partial charge in [0.2, 0.25) is 0 Å². The van der Waals surface area contributed by atoms with Crippen LogP contribution in [0.2, 0.25) is 12.1 Å². The van der Waals surface area contributed by atoms with Gasteiger partial charge in [-0.3, -0.25) is 0 Å². The van der Waals surface area contributed by atoms with Crippen LogP contribution >= 0.6 is 0 Å². The van der Waals surface area contributed by atoms with Gasteiger partial charge in [0, 0.05) is 6.61 Å². The van der Waals surface area contributed by atoms with Crippen molar-refractivity contribution >= 4 is 9.04 Å². The van der Waals surface area contributed by atoms with Crippen LogP contribution in [0.15, 0.2) is 30.3 Å². The van der Waals surface area contributed by atoms with Crippen LogP contribution < -0.4 is 0 Å². The summed E-state index contributed by atoms with van der Waals surface area (Å²) in [4.78, 5) is 0. The number of hydrogen-bond acceptors (Lipinski definition) is 1. The van der Waals surface area contributed by atoms with Crippen LogP contribution in [0.5, 0.6) is 0 Å². The zero-order valence-corrected chi connectivity index (χ0v) is 14.6. The smallest absolute Gasteiger partial charge is 0.176 e. The Hall–Kier alpha value is -0.603. The third kappa shape index (κ3) is 8.54. The van der Waals surface area contributed by atoms with Crippen LogP contribution in [0.4, 0.5) is 0 Å². The molecule has 0 aliphatic carbocycles. The molecule has 1 atom stereocenters. The summed E-state index contributed by atoms with van der Waals surface area (Å²) in [5, 5.41) is 0. The fourth-order valence-corrected chi connectivity index (χ4v) is 4.72. The Morgan fingerprint density at radius 3 is 2.15 bits per heavy atom. The summed E-state index contributed by atoms with van der Waals surface area (Å²) in [6, 6.07) is 13.5. The SMILES string of the molecule is CCO[SiH](CC)CCCCCCCCc1ccccc1. The number of hydrogen-bond donors (Lipinski definition) is 0. The van der Waals surface area contributed by atoms with Crippen LogP contribution in [-0.2, 0) is 10.8 Å². The normalized spacial score (nSPS) is 12.5. The first-order chi connectivity index (χ1) is 9.86. The van der Waals surface area contributed by atoms with Crippen molar-refractivity contribution in [3.8, 4) is 0 Å². The number of benzene rings is 1. The highest BCUT2D eigenvalue weighted by Gasteiger charge is 2.07. The Kier molecular flexibility index (Phi) is 10.6. The maximum Gasteiger partial charge on any atom is 0.176 e. The van der Waals surface area contributed by atoms with Crippen LogP contribution in [0.3, 0.4) is 0 Å². The fraction of sp³-hybridized carbons (Fsp3) is 0.667. The summed E-state index contributed by atoms with van der Waals surface area (Å²) in [6.07, 6.45) is 9.58. The minimum Gasteiger partial charge on any atom is -0.420 e. The lowest BCUT2D eigenvalue weighted by atomic mass is 10.1. The van der Waals surface area contributed by atoms with Gasteiger partial charge in [-0.05, 0) is 37.4 Å². The van der Waals surface area contributed by atoms with E-state index in [4.69, 9.17) is 4.43 Å². The fourth-order valence-electron chi connectivity index (χ4n) is 2.69. The van der Waals surface area contributed by atoms with Crippen LogP contribution in [0, 0.1) is 0 Å². The number of rotatable bonds is 12. The molecule has 1 aromatic rings. The van der Waals surface area contributed by atoms with Gasteiger partial charge >= 0.3 is 0 Å². The number of unbranched alkanes of at least 4 members (excludes halogenated alkanes) is 5. The molecule has 0 N–H and O–H groups in total. The quantitative estimate of drug-likeness (QED) is 0.373. The Bertz CT molecular complexity index is 312. The standard InChI is InChI=1S/C18H32OSi/c1-3-19-20(4-2)17-13-8-6-5-7-10-14-18-15-11-9-12-16-18/h9,11-12,15-16,20H,3-8,10,13-14,17H2,1-2H3. The Balaban J connectivity index is 1.90. The molecule has 0 bridgehead atoms. The highest BCUT2D eigenvalue weighted by molar-refractivity contribution is 6.51. The third-order valence-electron chi connectivity index (χ3n) is 3.94. The summed E-state index contributed by atoms with van der Waals surface area (Å²) < 4.78 is 5.82. The second-order valence-electron chi connectivity index (χ2n) is 5.63. The lowest BCUT2D eigenvalue weighted by Crippen LogP contribution is -2.16. The first-order valence-electron chi connectivity index (χ1n) is 8.52. The van der Waals surface area contributed by atoms with E-state index in [1.807, 2.05) is 0 Å². The van der Waals surface area contributed by atoms with E-state index in [9.17, 15) is 0 Å². The Morgan fingerprint density at radius 1 is 0.850 bits per heavy atom. The average molecular weight is 293 g/mol. The molecule has 0 heterocycles. The van der Waals surface area contributed by atoms with Gasteiger partial charge in [0.1, 0.15) is 0 Å². The molecule has 1 rings (SSSR count). The second kappa shape index (κ2) is 12.2. The van der Waals surface area contributed by atoms with Crippen LogP contribution in [0.1, 0.15) is 57.9 Å². The van der Waals surface area contributed by atoms with Gasteiger partial charge < -0.3 is 4.43 Å². The number of aryl methyl sites for hydroxylation is 1. The summed E-state index contributed by atoms with van der Waals surface area (Å²) in [5.41, 5.74) is 1.49. The molecule has 20 heavy (non-hydrogen) atoms. The first-order valence-corrected chi connectivity index (χ1v) is 10.6. The van der Waals surface area contributed by atoms with E-state index in [2.05, 4.69) is 44.2 Å². The van der Waals surface area contributed by atoms with Crippen molar-refractivity contribution < 1.29 is 4.43 Å². The van der Waals surface area contributed by atoms with E-state index in [1.165, 1.54) is 62.6 Å². The molecule has 0 aromatic heterocycles. The maximum atomic E-state index is 5.82. The molecule has 0 spiro atoms. The summed E-state index contributed by atoms with van der Waals surface area (Å²) in [7, 11) is -0.819. The van der Waals surface area contributed by atoms with Crippen molar-refractivity contribution in [3.05, 3.63) is 35.9 Å². The molecular weight excluding hydrogens is 260 g/mol. The molecule has 1 unspecified atom stereocenters. The van der Waals surface area contributed by atoms with Gasteiger partial charge in [0.05, 0.1) is 0 Å². The van der Waals surface area contributed by atoms with Gasteiger partial charge in [0.25, 0.3) is 0 Å². The maximum absolute atomic E-state index is 5.82. The molecule has 0 saturated carbocycles. The van der Waals surface area contributed by atoms with Crippen molar-refractivity contribution in [1.29, 1.82) is 0 Å². The minimum absolute atomic E-state index is 0.819. The van der Waals surface area contributed by atoms with E-state index in [0.717, 1.165) is 6.61 Å². The monoisotopic (exact) mass is 292 g/mol. The Morgan fingerprint density at radius 2 is 1.50 bits per heavy atom. The molecule has 0 aliphatic heterocycles. The molecule has 0 fully saturated rings. The third-order valence-corrected chi connectivity index (χ3v) is 6.71. The minimum atomic E-state index is -0.819. The highest BCUT2D eigenvalue weighted by atomic mass is 28.3. The zero-order valence-electron chi connectivity index (χ0n) is 13.4. The molecule has 0 saturated heterocycles. The van der Waals surface area contributed by atoms with Crippen molar-refractivity contribution in [2.45, 2.75) is 70.9 Å². The molecule has 0 aliphatic rings. The predicted molar refractivity (Wildman–Crippen MR) is 91.9 cm³/mol. The molecular formula is C18H32OSi. The first kappa shape index (κ1) is 17.4. The molecule has 1 aromatic carbocycles. The van der Waals surface area contributed by atoms with E-state index < -0.39 is 9.04 Å². The molecule has 0 amide bonds. The molecule has 0 radical (unpaired) electrons. The largest absolute Gasteiger partial charge is 0.420 e. The van der Waals surface area contributed by atoms with Gasteiger partial charge in [0.15, 0.2) is 9.04 Å². The second-order valence-corrected chi connectivity index (χ2v) is 8.60. The van der Waals surface area contributed by atoms with Gasteiger partial charge in [-0.15, -0.1) is 0 Å². The summed E-state index contributed by atoms with van der Waals surface area (Å²) in [6.45, 7) is 5.34. The van der Waals surface area contributed by atoms with Gasteiger partial charge in [-0.2, -0.15) is 0 Å². The molecule has 114 valence electrons. The van der Waals surface area contributed by atoms with Gasteiger partial charge in [-0.1, -0.05) is 69.4 Å². The van der Waals surface area contributed by atoms with Crippen molar-refractivity contribution in [1.82, 2.24) is 0 Å². The lowest BCUT2D eigenvalue weighted by molar-refractivity contribution is 0.340. The summed E-state index contributed by atoms with van der Waals surface area (Å²) >= 11 is 0. The van der Waals surface area contributed by atoms with E-state index in [-0.39, 0.29) is 0 Å². The topological polar surface area (TPSA) is 9.23 Å². The van der Waals surface area contributed by atoms with Crippen molar-refractivity contribution in [2.75, 3.05) is 6.61 Å². The van der Waals surface area contributed by atoms with Crippen LogP contribution in [0.25, 0.3) is 0 Å². The average Bonchev–Trinajstić information content (AvgIpc) is 2.49. The van der Waals surface area contributed by atoms with E-state index in [1.54, 1.807) is 0 Å². The highest BCUT2D eigenvalue weighted by Crippen LogP contribution is 2.13. The molecule has 2 heteroatoms. The van der Waals surface area contributed by atoms with Gasteiger partial charge in [-0.25, -0.2) is 0 Å². The van der Waals surface area contributed by atoms with Crippen molar-refractivity contribution in [3.63, 3.8) is 0 Å². The predicted octanol–water partition coefficient (Wildman–Crippen LogP) is 5.35. The van der Waals surface area contributed by atoms with Crippen LogP contribution in [-0.4, -0.2) is 15.6 Å². The Labute approximate surface area is 127 Å².